The molecule has 6 nitrogen and oxygen atoms in total. The highest BCUT2D eigenvalue weighted by atomic mass is 35.5. The normalized spacial score (nSPS) is 11.7. The molecule has 0 bridgehead atoms. The van der Waals surface area contributed by atoms with Gasteiger partial charge < -0.3 is 5.32 Å². The number of aromatic nitrogens is 1. The van der Waals surface area contributed by atoms with E-state index >= 15 is 0 Å². The van der Waals surface area contributed by atoms with Gasteiger partial charge in [0.15, 0.2) is 0 Å². The zero-order chi connectivity index (χ0) is 16.0. The third kappa shape index (κ3) is 4.30. The van der Waals surface area contributed by atoms with Crippen molar-refractivity contribution >= 4 is 27.4 Å². The summed E-state index contributed by atoms with van der Waals surface area (Å²) in [7, 11) is -3.72. The Bertz CT molecular complexity index is 626. The molecule has 0 radical (unpaired) electrons. The summed E-state index contributed by atoms with van der Waals surface area (Å²) < 4.78 is 26.5. The van der Waals surface area contributed by atoms with Gasteiger partial charge in [0.1, 0.15) is 10.7 Å². The molecule has 116 valence electrons. The Balaban J connectivity index is 3.16. The van der Waals surface area contributed by atoms with Gasteiger partial charge in [0.2, 0.25) is 10.0 Å². The predicted molar refractivity (Wildman–Crippen MR) is 82.7 cm³/mol. The zero-order valence-corrected chi connectivity index (χ0v) is 13.9. The van der Waals surface area contributed by atoms with Crippen LogP contribution in [0.25, 0.3) is 0 Å². The van der Waals surface area contributed by atoms with Crippen LogP contribution in [-0.2, 0) is 10.0 Å². The van der Waals surface area contributed by atoms with Gasteiger partial charge >= 0.3 is 0 Å². The number of sulfonamides is 1. The van der Waals surface area contributed by atoms with Crippen LogP contribution in [0.4, 0.5) is 5.82 Å². The van der Waals surface area contributed by atoms with E-state index in [0.29, 0.717) is 12.4 Å². The first-order valence-electron chi connectivity index (χ1n) is 6.62. The standard InChI is InChI=1S/C13H19ClN4O2S/c1-4-16-13-12(14)8-11(9-17-13)21(19,20)18(10(2)3)7-5-6-15/h8-10H,4-5,7H2,1-3H3,(H,16,17). The lowest BCUT2D eigenvalue weighted by atomic mass is 10.3. The quantitative estimate of drug-likeness (QED) is 0.830. The lowest BCUT2D eigenvalue weighted by Gasteiger charge is -2.25. The number of hydrogen-bond acceptors (Lipinski definition) is 5. The fraction of sp³-hybridized carbons (Fsp3) is 0.538. The van der Waals surface area contributed by atoms with Crippen LogP contribution >= 0.6 is 11.6 Å². The number of halogens is 1. The first-order chi connectivity index (χ1) is 9.84. The minimum Gasteiger partial charge on any atom is -0.369 e. The molecule has 0 unspecified atom stereocenters. The molecule has 0 amide bonds. The van der Waals surface area contributed by atoms with Gasteiger partial charge in [0.05, 0.1) is 11.1 Å². The third-order valence-electron chi connectivity index (χ3n) is 2.79. The average Bonchev–Trinajstić information content (AvgIpc) is 2.41. The molecule has 0 spiro atoms. The molecular formula is C13H19ClN4O2S. The van der Waals surface area contributed by atoms with Crippen LogP contribution in [0.15, 0.2) is 17.2 Å². The van der Waals surface area contributed by atoms with Crippen molar-refractivity contribution in [2.45, 2.75) is 38.1 Å². The van der Waals surface area contributed by atoms with E-state index in [1.54, 1.807) is 13.8 Å². The molecule has 0 atom stereocenters. The van der Waals surface area contributed by atoms with E-state index in [1.165, 1.54) is 16.6 Å². The van der Waals surface area contributed by atoms with Crippen LogP contribution in [-0.4, -0.2) is 36.8 Å². The second-order valence-corrected chi connectivity index (χ2v) is 6.95. The van der Waals surface area contributed by atoms with Crippen molar-refractivity contribution < 1.29 is 8.42 Å². The smallest absolute Gasteiger partial charge is 0.244 e. The Labute approximate surface area is 130 Å². The molecule has 1 aromatic rings. The van der Waals surface area contributed by atoms with Gasteiger partial charge in [0, 0.05) is 31.7 Å². The predicted octanol–water partition coefficient (Wildman–Crippen LogP) is 2.48. The van der Waals surface area contributed by atoms with E-state index in [2.05, 4.69) is 10.3 Å². The zero-order valence-electron chi connectivity index (χ0n) is 12.3. The van der Waals surface area contributed by atoms with Crippen LogP contribution in [0, 0.1) is 11.3 Å². The van der Waals surface area contributed by atoms with Gasteiger partial charge in [-0.05, 0) is 26.8 Å². The Kier molecular flexibility index (Phi) is 6.40. The van der Waals surface area contributed by atoms with Gasteiger partial charge in [-0.2, -0.15) is 9.57 Å². The summed E-state index contributed by atoms with van der Waals surface area (Å²) in [6.07, 6.45) is 1.41. The van der Waals surface area contributed by atoms with Gasteiger partial charge in [0.25, 0.3) is 0 Å². The summed E-state index contributed by atoms with van der Waals surface area (Å²) in [5.74, 6) is 0.450. The Hall–Kier alpha value is -1.36. The Morgan fingerprint density at radius 2 is 2.19 bits per heavy atom. The summed E-state index contributed by atoms with van der Waals surface area (Å²) in [6, 6.07) is 3.08. The molecule has 0 aliphatic heterocycles. The fourth-order valence-corrected chi connectivity index (χ4v) is 3.72. The second kappa shape index (κ2) is 7.59. The summed E-state index contributed by atoms with van der Waals surface area (Å²) in [4.78, 5) is 4.07. The molecule has 21 heavy (non-hydrogen) atoms. The van der Waals surface area contributed by atoms with Crippen molar-refractivity contribution in [1.29, 1.82) is 5.26 Å². The molecule has 0 aromatic carbocycles. The van der Waals surface area contributed by atoms with Gasteiger partial charge in [-0.3, -0.25) is 0 Å². The number of pyridine rings is 1. The second-order valence-electron chi connectivity index (χ2n) is 4.65. The van der Waals surface area contributed by atoms with E-state index in [1.807, 2.05) is 13.0 Å². The molecule has 1 aromatic heterocycles. The maximum Gasteiger partial charge on any atom is 0.244 e. The largest absolute Gasteiger partial charge is 0.369 e. The Morgan fingerprint density at radius 1 is 1.52 bits per heavy atom. The topological polar surface area (TPSA) is 86.1 Å². The van der Waals surface area contributed by atoms with Crippen molar-refractivity contribution in [3.63, 3.8) is 0 Å². The number of nitrogens with one attached hydrogen (secondary N) is 1. The van der Waals surface area contributed by atoms with E-state index in [9.17, 15) is 8.42 Å². The number of rotatable bonds is 7. The van der Waals surface area contributed by atoms with Crippen LogP contribution in [0.5, 0.6) is 0 Å². The lowest BCUT2D eigenvalue weighted by molar-refractivity contribution is 0.360. The monoisotopic (exact) mass is 330 g/mol. The molecule has 1 N–H and O–H groups in total. The van der Waals surface area contributed by atoms with Crippen molar-refractivity contribution in [1.82, 2.24) is 9.29 Å². The molecule has 0 saturated heterocycles. The van der Waals surface area contributed by atoms with Crippen molar-refractivity contribution in [3.8, 4) is 6.07 Å². The molecule has 0 fully saturated rings. The van der Waals surface area contributed by atoms with Crippen LogP contribution in [0.2, 0.25) is 5.02 Å². The van der Waals surface area contributed by atoms with Gasteiger partial charge in [-0.25, -0.2) is 13.4 Å². The molecular weight excluding hydrogens is 312 g/mol. The molecule has 0 saturated carbocycles. The first-order valence-corrected chi connectivity index (χ1v) is 8.44. The maximum atomic E-state index is 12.6. The van der Waals surface area contributed by atoms with Crippen LogP contribution in [0.1, 0.15) is 27.2 Å². The Morgan fingerprint density at radius 3 is 2.67 bits per heavy atom. The van der Waals surface area contributed by atoms with E-state index < -0.39 is 10.0 Å². The number of nitrogens with zero attached hydrogens (tertiary/aromatic N) is 3. The van der Waals surface area contributed by atoms with Crippen molar-refractivity contribution in [3.05, 3.63) is 17.3 Å². The number of anilines is 1. The minimum absolute atomic E-state index is 0.0285. The molecule has 1 heterocycles. The van der Waals surface area contributed by atoms with E-state index in [-0.39, 0.29) is 28.9 Å². The highest BCUT2D eigenvalue weighted by Gasteiger charge is 2.27. The summed E-state index contributed by atoms with van der Waals surface area (Å²) in [5, 5.41) is 11.9. The van der Waals surface area contributed by atoms with Crippen molar-refractivity contribution in [2.75, 3.05) is 18.4 Å². The molecule has 0 aliphatic rings. The third-order valence-corrected chi connectivity index (χ3v) is 5.12. The highest BCUT2D eigenvalue weighted by molar-refractivity contribution is 7.89. The molecule has 8 heteroatoms. The highest BCUT2D eigenvalue weighted by Crippen LogP contribution is 2.25. The van der Waals surface area contributed by atoms with Crippen LogP contribution < -0.4 is 5.32 Å². The van der Waals surface area contributed by atoms with Crippen LogP contribution in [0.3, 0.4) is 0 Å². The van der Waals surface area contributed by atoms with Gasteiger partial charge in [-0.15, -0.1) is 0 Å². The summed E-state index contributed by atoms with van der Waals surface area (Å²) in [5.41, 5.74) is 0. The first kappa shape index (κ1) is 17.7. The van der Waals surface area contributed by atoms with E-state index in [0.717, 1.165) is 0 Å². The number of nitriles is 1. The molecule has 0 aliphatic carbocycles. The summed E-state index contributed by atoms with van der Waals surface area (Å²) in [6.45, 7) is 6.20. The summed E-state index contributed by atoms with van der Waals surface area (Å²) >= 11 is 6.04. The minimum atomic E-state index is -3.72. The number of hydrogen-bond donors (Lipinski definition) is 1. The maximum absolute atomic E-state index is 12.6. The fourth-order valence-electron chi connectivity index (χ4n) is 1.81. The lowest BCUT2D eigenvalue weighted by Crippen LogP contribution is -2.37. The van der Waals surface area contributed by atoms with Gasteiger partial charge in [-0.1, -0.05) is 11.6 Å². The van der Waals surface area contributed by atoms with Crippen molar-refractivity contribution in [2.24, 2.45) is 0 Å². The average molecular weight is 331 g/mol. The molecule has 1 rings (SSSR count). The SMILES string of the molecule is CCNc1ncc(S(=O)(=O)N(CCC#N)C(C)C)cc1Cl. The van der Waals surface area contributed by atoms with E-state index in [4.69, 9.17) is 16.9 Å².